The van der Waals surface area contributed by atoms with E-state index >= 15 is 0 Å². The van der Waals surface area contributed by atoms with Gasteiger partial charge in [-0.15, -0.1) is 0 Å². The van der Waals surface area contributed by atoms with Crippen LogP contribution in [0.1, 0.15) is 31.0 Å². The largest absolute Gasteiger partial charge is 0.494 e. The first-order valence-electron chi connectivity index (χ1n) is 7.00. The normalized spacial score (nSPS) is 12.2. The molecule has 2 nitrogen and oxygen atoms in total. The van der Waals surface area contributed by atoms with E-state index in [0.29, 0.717) is 16.7 Å². The van der Waals surface area contributed by atoms with Crippen LogP contribution in [0.25, 0.3) is 0 Å². The van der Waals surface area contributed by atoms with Crippen LogP contribution in [-0.4, -0.2) is 6.61 Å². The van der Waals surface area contributed by atoms with Crippen LogP contribution in [0.3, 0.4) is 0 Å². The minimum Gasteiger partial charge on any atom is -0.494 e. The van der Waals surface area contributed by atoms with Crippen LogP contribution in [0.5, 0.6) is 5.75 Å². The van der Waals surface area contributed by atoms with Crippen LogP contribution in [0, 0.1) is 0 Å². The van der Waals surface area contributed by atoms with Crippen molar-refractivity contribution in [2.75, 3.05) is 6.61 Å². The van der Waals surface area contributed by atoms with E-state index in [1.54, 1.807) is 6.07 Å². The lowest BCUT2D eigenvalue weighted by Gasteiger charge is -2.16. The molecule has 1 unspecified atom stereocenters. The van der Waals surface area contributed by atoms with E-state index in [1.807, 2.05) is 37.3 Å². The number of hydrogen-bond donors (Lipinski definition) is 1. The molecule has 0 radical (unpaired) electrons. The smallest absolute Gasteiger partial charge is 0.119 e. The van der Waals surface area contributed by atoms with Crippen molar-refractivity contribution >= 4 is 23.2 Å². The van der Waals surface area contributed by atoms with Gasteiger partial charge in [0.2, 0.25) is 0 Å². The Morgan fingerprint density at radius 3 is 2.67 bits per heavy atom. The van der Waals surface area contributed by atoms with Gasteiger partial charge < -0.3 is 10.1 Å². The molecule has 0 saturated heterocycles. The zero-order chi connectivity index (χ0) is 15.2. The lowest BCUT2D eigenvalue weighted by Crippen LogP contribution is -2.18. The molecule has 0 bridgehead atoms. The molecule has 0 spiro atoms. The van der Waals surface area contributed by atoms with E-state index in [1.165, 1.54) is 5.56 Å². The fourth-order valence-corrected chi connectivity index (χ4v) is 2.72. The maximum atomic E-state index is 6.23. The van der Waals surface area contributed by atoms with Gasteiger partial charge in [0, 0.05) is 22.6 Å². The summed E-state index contributed by atoms with van der Waals surface area (Å²) >= 11 is 12.2. The van der Waals surface area contributed by atoms with Crippen molar-refractivity contribution in [2.24, 2.45) is 0 Å². The number of benzene rings is 2. The third kappa shape index (κ3) is 4.63. The third-order valence-corrected chi connectivity index (χ3v) is 3.81. The quantitative estimate of drug-likeness (QED) is 0.784. The first-order chi connectivity index (χ1) is 10.1. The van der Waals surface area contributed by atoms with Crippen molar-refractivity contribution in [1.29, 1.82) is 0 Å². The molecule has 2 aromatic rings. The Morgan fingerprint density at radius 1 is 1.14 bits per heavy atom. The summed E-state index contributed by atoms with van der Waals surface area (Å²) in [5.74, 6) is 0.897. The average molecular weight is 324 g/mol. The highest BCUT2D eigenvalue weighted by atomic mass is 35.5. The zero-order valence-corrected chi connectivity index (χ0v) is 13.7. The van der Waals surface area contributed by atoms with E-state index in [2.05, 4.69) is 18.3 Å². The van der Waals surface area contributed by atoms with E-state index in [4.69, 9.17) is 27.9 Å². The first-order valence-corrected chi connectivity index (χ1v) is 7.76. The molecule has 112 valence electrons. The summed E-state index contributed by atoms with van der Waals surface area (Å²) in [6.07, 6.45) is 0. The van der Waals surface area contributed by atoms with Crippen molar-refractivity contribution in [2.45, 2.75) is 26.4 Å². The molecule has 0 heterocycles. The van der Waals surface area contributed by atoms with Crippen molar-refractivity contribution in [3.05, 3.63) is 63.6 Å². The predicted molar refractivity (Wildman–Crippen MR) is 89.3 cm³/mol. The molecule has 4 heteroatoms. The topological polar surface area (TPSA) is 21.3 Å². The average Bonchev–Trinajstić information content (AvgIpc) is 2.45. The van der Waals surface area contributed by atoms with E-state index in [-0.39, 0.29) is 6.04 Å². The maximum absolute atomic E-state index is 6.23. The molecular formula is C17H19Cl2NO. The second-order valence-electron chi connectivity index (χ2n) is 4.85. The maximum Gasteiger partial charge on any atom is 0.119 e. The molecule has 1 N–H and O–H groups in total. The molecule has 21 heavy (non-hydrogen) atoms. The highest BCUT2D eigenvalue weighted by Gasteiger charge is 2.09. The van der Waals surface area contributed by atoms with Crippen LogP contribution in [0.4, 0.5) is 0 Å². The Kier molecular flexibility index (Phi) is 5.92. The van der Waals surface area contributed by atoms with Gasteiger partial charge >= 0.3 is 0 Å². The van der Waals surface area contributed by atoms with Gasteiger partial charge in [0.25, 0.3) is 0 Å². The standard InChI is InChI=1S/C17H19Cl2NO/c1-3-21-15-6-4-5-13(9-15)11-20-12(2)16-8-7-14(18)10-17(16)19/h4-10,12,20H,3,11H2,1-2H3. The van der Waals surface area contributed by atoms with Crippen LogP contribution in [0.2, 0.25) is 10.0 Å². The SMILES string of the molecule is CCOc1cccc(CNC(C)c2ccc(Cl)cc2Cl)c1. The lowest BCUT2D eigenvalue weighted by molar-refractivity contribution is 0.339. The molecule has 0 aliphatic carbocycles. The van der Waals surface area contributed by atoms with Crippen molar-refractivity contribution in [3.63, 3.8) is 0 Å². The van der Waals surface area contributed by atoms with Gasteiger partial charge in [0.15, 0.2) is 0 Å². The fraction of sp³-hybridized carbons (Fsp3) is 0.294. The lowest BCUT2D eigenvalue weighted by atomic mass is 10.1. The van der Waals surface area contributed by atoms with Gasteiger partial charge in [-0.25, -0.2) is 0 Å². The van der Waals surface area contributed by atoms with Gasteiger partial charge in [-0.1, -0.05) is 41.4 Å². The summed E-state index contributed by atoms with van der Waals surface area (Å²) in [4.78, 5) is 0. The second kappa shape index (κ2) is 7.69. The molecule has 0 amide bonds. The number of rotatable bonds is 6. The highest BCUT2D eigenvalue weighted by molar-refractivity contribution is 6.35. The van der Waals surface area contributed by atoms with E-state index in [9.17, 15) is 0 Å². The van der Waals surface area contributed by atoms with Gasteiger partial charge in [0.05, 0.1) is 6.61 Å². The summed E-state index contributed by atoms with van der Waals surface area (Å²) < 4.78 is 5.51. The number of halogens is 2. The Morgan fingerprint density at radius 2 is 1.95 bits per heavy atom. The summed E-state index contributed by atoms with van der Waals surface area (Å²) in [7, 11) is 0. The third-order valence-electron chi connectivity index (χ3n) is 3.25. The summed E-state index contributed by atoms with van der Waals surface area (Å²) in [5.41, 5.74) is 2.22. The van der Waals surface area contributed by atoms with Crippen LogP contribution in [0.15, 0.2) is 42.5 Å². The van der Waals surface area contributed by atoms with Crippen molar-refractivity contribution in [3.8, 4) is 5.75 Å². The number of ether oxygens (including phenoxy) is 1. The fourth-order valence-electron chi connectivity index (χ4n) is 2.15. The Bertz CT molecular complexity index is 601. The Labute approximate surface area is 136 Å². The minimum absolute atomic E-state index is 0.144. The van der Waals surface area contributed by atoms with E-state index < -0.39 is 0 Å². The second-order valence-corrected chi connectivity index (χ2v) is 5.69. The van der Waals surface area contributed by atoms with Gasteiger partial charge in [-0.3, -0.25) is 0 Å². The van der Waals surface area contributed by atoms with Gasteiger partial charge in [0.1, 0.15) is 5.75 Å². The first kappa shape index (κ1) is 16.2. The number of hydrogen-bond acceptors (Lipinski definition) is 2. The summed E-state index contributed by atoms with van der Waals surface area (Å²) in [6.45, 7) is 5.49. The molecule has 0 saturated carbocycles. The Balaban J connectivity index is 2.00. The highest BCUT2D eigenvalue weighted by Crippen LogP contribution is 2.26. The molecule has 2 rings (SSSR count). The predicted octanol–water partition coefficient (Wildman–Crippen LogP) is 5.24. The minimum atomic E-state index is 0.144. The molecule has 0 fully saturated rings. The Hall–Kier alpha value is -1.22. The molecule has 0 aliphatic rings. The van der Waals surface area contributed by atoms with Gasteiger partial charge in [-0.2, -0.15) is 0 Å². The van der Waals surface area contributed by atoms with Crippen molar-refractivity contribution < 1.29 is 4.74 Å². The van der Waals surface area contributed by atoms with Crippen LogP contribution >= 0.6 is 23.2 Å². The monoisotopic (exact) mass is 323 g/mol. The zero-order valence-electron chi connectivity index (χ0n) is 12.2. The molecule has 1 atom stereocenters. The number of nitrogens with one attached hydrogen (secondary N) is 1. The van der Waals surface area contributed by atoms with E-state index in [0.717, 1.165) is 17.9 Å². The van der Waals surface area contributed by atoms with Crippen LogP contribution < -0.4 is 10.1 Å². The van der Waals surface area contributed by atoms with Crippen LogP contribution in [-0.2, 0) is 6.54 Å². The van der Waals surface area contributed by atoms with Crippen molar-refractivity contribution in [1.82, 2.24) is 5.32 Å². The summed E-state index contributed by atoms with van der Waals surface area (Å²) in [6, 6.07) is 13.8. The molecule has 0 aromatic heterocycles. The molecular weight excluding hydrogens is 305 g/mol. The van der Waals surface area contributed by atoms with Gasteiger partial charge in [-0.05, 0) is 49.2 Å². The molecule has 0 aliphatic heterocycles. The molecule has 2 aromatic carbocycles. The summed E-state index contributed by atoms with van der Waals surface area (Å²) in [5, 5.41) is 4.80.